The number of carbonyl (C=O) groups is 1. The first-order chi connectivity index (χ1) is 9.52. The van der Waals surface area contributed by atoms with Crippen molar-refractivity contribution < 1.29 is 9.53 Å². The summed E-state index contributed by atoms with van der Waals surface area (Å²) in [7, 11) is 0. The number of H-pyrrole nitrogens is 1. The molecule has 106 valence electrons. The molecular formula is C14H18N4O2. The lowest BCUT2D eigenvalue weighted by molar-refractivity contribution is 0.0954. The van der Waals surface area contributed by atoms with Gasteiger partial charge in [-0.25, -0.2) is 5.84 Å². The second-order valence-electron chi connectivity index (χ2n) is 4.74. The lowest BCUT2D eigenvalue weighted by atomic mass is 10.1. The Labute approximate surface area is 117 Å². The fraction of sp³-hybridized carbons (Fsp3) is 0.286. The summed E-state index contributed by atoms with van der Waals surface area (Å²) in [5, 5.41) is 6.96. The molecule has 0 radical (unpaired) electrons. The molecule has 1 heterocycles. The second-order valence-corrected chi connectivity index (χ2v) is 4.74. The highest BCUT2D eigenvalue weighted by molar-refractivity contribution is 6.00. The Morgan fingerprint density at radius 2 is 2.00 bits per heavy atom. The Morgan fingerprint density at radius 3 is 2.55 bits per heavy atom. The van der Waals surface area contributed by atoms with Gasteiger partial charge in [-0.05, 0) is 45.0 Å². The molecular weight excluding hydrogens is 256 g/mol. The summed E-state index contributed by atoms with van der Waals surface area (Å²) in [6.07, 6.45) is 0.118. The molecule has 1 aromatic heterocycles. The summed E-state index contributed by atoms with van der Waals surface area (Å²) < 4.78 is 5.58. The van der Waals surface area contributed by atoms with Crippen LogP contribution in [-0.4, -0.2) is 22.2 Å². The van der Waals surface area contributed by atoms with Gasteiger partial charge < -0.3 is 4.74 Å². The van der Waals surface area contributed by atoms with Crippen LogP contribution in [-0.2, 0) is 0 Å². The van der Waals surface area contributed by atoms with E-state index in [9.17, 15) is 4.79 Å². The second kappa shape index (κ2) is 5.75. The number of aryl methyl sites for hydroxylation is 1. The molecule has 20 heavy (non-hydrogen) atoms. The third-order valence-corrected chi connectivity index (χ3v) is 2.80. The third kappa shape index (κ3) is 2.80. The standard InChI is InChI=1S/C14H18N4O2/c1-8(2)20-11-6-4-10(5-7-11)13-12(14(19)16-15)9(3)17-18-13/h4-8H,15H2,1-3H3,(H,16,19)(H,17,18). The zero-order valence-electron chi connectivity index (χ0n) is 11.7. The molecule has 0 atom stereocenters. The van der Waals surface area contributed by atoms with Gasteiger partial charge >= 0.3 is 0 Å². The fourth-order valence-electron chi connectivity index (χ4n) is 1.95. The molecule has 4 N–H and O–H groups in total. The molecule has 0 unspecified atom stereocenters. The van der Waals surface area contributed by atoms with E-state index in [1.54, 1.807) is 6.92 Å². The maximum Gasteiger partial charge on any atom is 0.269 e. The van der Waals surface area contributed by atoms with Crippen LogP contribution in [0.25, 0.3) is 11.3 Å². The number of rotatable bonds is 4. The van der Waals surface area contributed by atoms with Crippen molar-refractivity contribution in [3.8, 4) is 17.0 Å². The molecule has 0 bridgehead atoms. The minimum Gasteiger partial charge on any atom is -0.491 e. The minimum absolute atomic E-state index is 0.118. The number of nitrogens with one attached hydrogen (secondary N) is 2. The number of aromatic amines is 1. The number of hydrazine groups is 1. The van der Waals surface area contributed by atoms with Gasteiger partial charge in [0.1, 0.15) is 11.4 Å². The molecule has 6 nitrogen and oxygen atoms in total. The molecule has 6 heteroatoms. The van der Waals surface area contributed by atoms with Gasteiger partial charge in [-0.2, -0.15) is 5.10 Å². The maximum absolute atomic E-state index is 11.8. The summed E-state index contributed by atoms with van der Waals surface area (Å²) in [6.45, 7) is 5.71. The molecule has 0 spiro atoms. The predicted octanol–water partition coefficient (Wildman–Crippen LogP) is 1.78. The average Bonchev–Trinajstić information content (AvgIpc) is 2.80. The van der Waals surface area contributed by atoms with Crippen LogP contribution >= 0.6 is 0 Å². The number of benzene rings is 1. The molecule has 2 rings (SSSR count). The van der Waals surface area contributed by atoms with E-state index < -0.39 is 0 Å². The monoisotopic (exact) mass is 274 g/mol. The molecule has 0 saturated heterocycles. The van der Waals surface area contributed by atoms with Gasteiger partial charge in [-0.15, -0.1) is 0 Å². The number of nitrogen functional groups attached to an aromatic ring is 1. The number of hydrogen-bond acceptors (Lipinski definition) is 4. The number of aromatic nitrogens is 2. The van der Waals surface area contributed by atoms with E-state index in [4.69, 9.17) is 10.6 Å². The highest BCUT2D eigenvalue weighted by Crippen LogP contribution is 2.25. The minimum atomic E-state index is -0.367. The van der Waals surface area contributed by atoms with E-state index in [1.165, 1.54) is 0 Å². The Hall–Kier alpha value is -2.34. The predicted molar refractivity (Wildman–Crippen MR) is 76.2 cm³/mol. The largest absolute Gasteiger partial charge is 0.491 e. The van der Waals surface area contributed by atoms with E-state index in [1.807, 2.05) is 38.1 Å². The highest BCUT2D eigenvalue weighted by Gasteiger charge is 2.18. The van der Waals surface area contributed by atoms with Gasteiger partial charge in [0.05, 0.1) is 11.7 Å². The van der Waals surface area contributed by atoms with Gasteiger partial charge in [0.15, 0.2) is 0 Å². The molecule has 0 saturated carbocycles. The van der Waals surface area contributed by atoms with Crippen LogP contribution in [0.15, 0.2) is 24.3 Å². The number of nitrogens with two attached hydrogens (primary N) is 1. The third-order valence-electron chi connectivity index (χ3n) is 2.80. The number of nitrogens with zero attached hydrogens (tertiary/aromatic N) is 1. The maximum atomic E-state index is 11.8. The smallest absolute Gasteiger partial charge is 0.269 e. The topological polar surface area (TPSA) is 93.0 Å². The Morgan fingerprint density at radius 1 is 1.35 bits per heavy atom. The van der Waals surface area contributed by atoms with Crippen molar-refractivity contribution in [1.82, 2.24) is 15.6 Å². The van der Waals surface area contributed by atoms with Crippen molar-refractivity contribution in [3.63, 3.8) is 0 Å². The first-order valence-electron chi connectivity index (χ1n) is 6.36. The van der Waals surface area contributed by atoms with Gasteiger partial charge in [0, 0.05) is 11.3 Å². The molecule has 0 aliphatic heterocycles. The van der Waals surface area contributed by atoms with Gasteiger partial charge in [0.25, 0.3) is 5.91 Å². The van der Waals surface area contributed by atoms with Crippen molar-refractivity contribution in [1.29, 1.82) is 0 Å². The van der Waals surface area contributed by atoms with Crippen molar-refractivity contribution in [2.24, 2.45) is 5.84 Å². The van der Waals surface area contributed by atoms with E-state index >= 15 is 0 Å². The Balaban J connectivity index is 2.35. The van der Waals surface area contributed by atoms with Crippen LogP contribution in [0.1, 0.15) is 29.9 Å². The molecule has 0 fully saturated rings. The number of carbonyl (C=O) groups excluding carboxylic acids is 1. The highest BCUT2D eigenvalue weighted by atomic mass is 16.5. The zero-order valence-corrected chi connectivity index (χ0v) is 11.7. The van der Waals surface area contributed by atoms with E-state index in [2.05, 4.69) is 15.6 Å². The average molecular weight is 274 g/mol. The molecule has 1 amide bonds. The van der Waals surface area contributed by atoms with E-state index in [0.29, 0.717) is 17.0 Å². The Bertz CT molecular complexity index is 602. The summed E-state index contributed by atoms with van der Waals surface area (Å²) in [5.41, 5.74) is 4.65. The summed E-state index contributed by atoms with van der Waals surface area (Å²) in [5.74, 6) is 5.61. The summed E-state index contributed by atoms with van der Waals surface area (Å²) >= 11 is 0. The van der Waals surface area contributed by atoms with Crippen molar-refractivity contribution in [2.75, 3.05) is 0 Å². The fourth-order valence-corrected chi connectivity index (χ4v) is 1.95. The van der Waals surface area contributed by atoms with Crippen LogP contribution in [0.3, 0.4) is 0 Å². The van der Waals surface area contributed by atoms with Gasteiger partial charge in [-0.1, -0.05) is 0 Å². The van der Waals surface area contributed by atoms with Crippen molar-refractivity contribution in [2.45, 2.75) is 26.9 Å². The molecule has 1 aromatic carbocycles. The quantitative estimate of drug-likeness (QED) is 0.450. The van der Waals surface area contributed by atoms with Gasteiger partial charge in [-0.3, -0.25) is 15.3 Å². The molecule has 2 aromatic rings. The number of ether oxygens (including phenoxy) is 1. The lowest BCUT2D eigenvalue weighted by Crippen LogP contribution is -2.30. The SMILES string of the molecule is Cc1[nH]nc(-c2ccc(OC(C)C)cc2)c1C(=O)NN. The number of amides is 1. The van der Waals surface area contributed by atoms with Gasteiger partial charge in [0.2, 0.25) is 0 Å². The van der Waals surface area contributed by atoms with Crippen LogP contribution in [0.4, 0.5) is 0 Å². The van der Waals surface area contributed by atoms with Crippen molar-refractivity contribution in [3.05, 3.63) is 35.5 Å². The summed E-state index contributed by atoms with van der Waals surface area (Å²) in [4.78, 5) is 11.8. The van der Waals surface area contributed by atoms with Crippen molar-refractivity contribution >= 4 is 5.91 Å². The number of hydrogen-bond donors (Lipinski definition) is 3. The van der Waals surface area contributed by atoms with Crippen LogP contribution in [0.5, 0.6) is 5.75 Å². The van der Waals surface area contributed by atoms with E-state index in [-0.39, 0.29) is 12.0 Å². The van der Waals surface area contributed by atoms with Crippen LogP contribution in [0.2, 0.25) is 0 Å². The molecule has 0 aliphatic rings. The molecule has 0 aliphatic carbocycles. The van der Waals surface area contributed by atoms with Crippen LogP contribution < -0.4 is 16.0 Å². The normalized spacial score (nSPS) is 10.7. The lowest BCUT2D eigenvalue weighted by Gasteiger charge is -2.10. The first kappa shape index (κ1) is 14.1. The Kier molecular flexibility index (Phi) is 4.05. The van der Waals surface area contributed by atoms with E-state index in [0.717, 1.165) is 11.3 Å². The zero-order chi connectivity index (χ0) is 14.7. The summed E-state index contributed by atoms with van der Waals surface area (Å²) in [6, 6.07) is 7.42. The van der Waals surface area contributed by atoms with Crippen LogP contribution in [0, 0.1) is 6.92 Å². The first-order valence-corrected chi connectivity index (χ1v) is 6.36.